The van der Waals surface area contributed by atoms with Gasteiger partial charge in [0.05, 0.1) is 11.7 Å². The summed E-state index contributed by atoms with van der Waals surface area (Å²) in [5.41, 5.74) is -0.0486. The molecule has 1 N–H and O–H groups in total. The molecule has 0 radical (unpaired) electrons. The first-order valence-corrected chi connectivity index (χ1v) is 5.18. The minimum atomic E-state index is -0.657. The highest BCUT2D eigenvalue weighted by molar-refractivity contribution is 6.30. The van der Waals surface area contributed by atoms with Gasteiger partial charge in [-0.3, -0.25) is 4.79 Å². The Morgan fingerprint density at radius 1 is 1.62 bits per heavy atom. The molecule has 1 amide bonds. The van der Waals surface area contributed by atoms with Crippen LogP contribution in [-0.4, -0.2) is 35.6 Å². The lowest BCUT2D eigenvalue weighted by atomic mass is 10.2. The van der Waals surface area contributed by atoms with E-state index in [9.17, 15) is 9.18 Å². The summed E-state index contributed by atoms with van der Waals surface area (Å²) >= 11 is 5.58. The lowest BCUT2D eigenvalue weighted by Crippen LogP contribution is -2.33. The Morgan fingerprint density at radius 2 is 2.25 bits per heavy atom. The Labute approximate surface area is 98.4 Å². The Hall–Kier alpha value is -1.13. The first-order valence-electron chi connectivity index (χ1n) is 4.80. The summed E-state index contributed by atoms with van der Waals surface area (Å²) in [5.74, 6) is -1.13. The number of aliphatic hydroxyl groups is 1. The molecule has 0 aliphatic rings. The molecule has 0 aliphatic heterocycles. The molecule has 0 heterocycles. The number of likely N-dealkylation sites (N-methyl/N-ethyl adjacent to an activating group) is 1. The van der Waals surface area contributed by atoms with E-state index in [4.69, 9.17) is 16.7 Å². The second-order valence-electron chi connectivity index (χ2n) is 3.66. The van der Waals surface area contributed by atoms with Crippen molar-refractivity contribution in [2.45, 2.75) is 13.0 Å². The molecule has 1 atom stereocenters. The van der Waals surface area contributed by atoms with Crippen molar-refractivity contribution in [1.82, 2.24) is 4.90 Å². The van der Waals surface area contributed by atoms with Gasteiger partial charge in [0, 0.05) is 18.6 Å². The van der Waals surface area contributed by atoms with Gasteiger partial charge in [0.2, 0.25) is 0 Å². The van der Waals surface area contributed by atoms with E-state index >= 15 is 0 Å². The Balaban J connectivity index is 2.88. The van der Waals surface area contributed by atoms with Crippen LogP contribution in [0.1, 0.15) is 17.3 Å². The minimum Gasteiger partial charge on any atom is -0.392 e. The van der Waals surface area contributed by atoms with Crippen LogP contribution in [0.4, 0.5) is 4.39 Å². The SMILES string of the molecule is CC(O)CN(C)C(=O)c1ccc(Cl)cc1F. The van der Waals surface area contributed by atoms with E-state index in [1.807, 2.05) is 0 Å². The van der Waals surface area contributed by atoms with Gasteiger partial charge in [0.25, 0.3) is 5.91 Å². The molecule has 1 unspecified atom stereocenters. The summed E-state index contributed by atoms with van der Waals surface area (Å²) < 4.78 is 13.4. The van der Waals surface area contributed by atoms with E-state index in [0.29, 0.717) is 0 Å². The van der Waals surface area contributed by atoms with Crippen LogP contribution in [-0.2, 0) is 0 Å². The molecule has 0 bridgehead atoms. The van der Waals surface area contributed by atoms with Crippen molar-refractivity contribution in [2.24, 2.45) is 0 Å². The fourth-order valence-electron chi connectivity index (χ4n) is 1.35. The van der Waals surface area contributed by atoms with Crippen molar-refractivity contribution in [1.29, 1.82) is 0 Å². The molecule has 0 saturated heterocycles. The average Bonchev–Trinajstić information content (AvgIpc) is 2.15. The number of hydrogen-bond donors (Lipinski definition) is 1. The number of hydrogen-bond acceptors (Lipinski definition) is 2. The molecule has 0 aromatic heterocycles. The Morgan fingerprint density at radius 3 is 2.75 bits per heavy atom. The summed E-state index contributed by atoms with van der Waals surface area (Å²) in [5, 5.41) is 9.37. The van der Waals surface area contributed by atoms with Crippen LogP contribution >= 0.6 is 11.6 Å². The van der Waals surface area contributed by atoms with Crippen LogP contribution in [0.25, 0.3) is 0 Å². The topological polar surface area (TPSA) is 40.5 Å². The number of rotatable bonds is 3. The third-order valence-electron chi connectivity index (χ3n) is 2.05. The van der Waals surface area contributed by atoms with Crippen LogP contribution in [0.3, 0.4) is 0 Å². The molecule has 0 fully saturated rings. The molecule has 1 aromatic rings. The normalized spacial score (nSPS) is 12.3. The maximum atomic E-state index is 13.4. The largest absolute Gasteiger partial charge is 0.392 e. The highest BCUT2D eigenvalue weighted by Gasteiger charge is 2.17. The molecule has 0 saturated carbocycles. The molecule has 0 spiro atoms. The zero-order valence-electron chi connectivity index (χ0n) is 9.08. The van der Waals surface area contributed by atoms with E-state index in [1.54, 1.807) is 6.92 Å². The van der Waals surface area contributed by atoms with Crippen molar-refractivity contribution in [2.75, 3.05) is 13.6 Å². The summed E-state index contributed by atoms with van der Waals surface area (Å²) in [7, 11) is 1.50. The quantitative estimate of drug-likeness (QED) is 0.884. The van der Waals surface area contributed by atoms with Gasteiger partial charge in [-0.2, -0.15) is 0 Å². The lowest BCUT2D eigenvalue weighted by molar-refractivity contribution is 0.0699. The number of amides is 1. The van der Waals surface area contributed by atoms with Gasteiger partial charge in [0.1, 0.15) is 5.82 Å². The van der Waals surface area contributed by atoms with E-state index in [-0.39, 0.29) is 17.1 Å². The van der Waals surface area contributed by atoms with Crippen molar-refractivity contribution >= 4 is 17.5 Å². The number of aliphatic hydroxyl groups excluding tert-OH is 1. The molecule has 1 rings (SSSR count). The summed E-state index contributed by atoms with van der Waals surface area (Å²) in [4.78, 5) is 13.0. The predicted molar refractivity (Wildman–Crippen MR) is 60.1 cm³/mol. The van der Waals surface area contributed by atoms with Gasteiger partial charge < -0.3 is 10.0 Å². The summed E-state index contributed by atoms with van der Waals surface area (Å²) in [6, 6.07) is 3.87. The maximum Gasteiger partial charge on any atom is 0.256 e. The summed E-state index contributed by atoms with van der Waals surface area (Å²) in [6.45, 7) is 1.71. The second kappa shape index (κ2) is 5.27. The molecule has 88 valence electrons. The highest BCUT2D eigenvalue weighted by Crippen LogP contribution is 2.16. The Bertz CT molecular complexity index is 396. The highest BCUT2D eigenvalue weighted by atomic mass is 35.5. The van der Waals surface area contributed by atoms with Gasteiger partial charge in [0.15, 0.2) is 0 Å². The van der Waals surface area contributed by atoms with Crippen LogP contribution in [0.5, 0.6) is 0 Å². The first kappa shape index (κ1) is 12.9. The van der Waals surface area contributed by atoms with E-state index in [1.165, 1.54) is 24.1 Å². The predicted octanol–water partition coefficient (Wildman–Crippen LogP) is 1.93. The number of halogens is 2. The fraction of sp³-hybridized carbons (Fsp3) is 0.364. The number of carbonyl (C=O) groups is 1. The monoisotopic (exact) mass is 245 g/mol. The third kappa shape index (κ3) is 3.18. The Kier molecular flexibility index (Phi) is 4.26. The minimum absolute atomic E-state index is 0.0486. The smallest absolute Gasteiger partial charge is 0.256 e. The number of carbonyl (C=O) groups excluding carboxylic acids is 1. The average molecular weight is 246 g/mol. The molecule has 0 aliphatic carbocycles. The van der Waals surface area contributed by atoms with Crippen molar-refractivity contribution in [3.63, 3.8) is 0 Å². The van der Waals surface area contributed by atoms with Crippen molar-refractivity contribution in [3.8, 4) is 0 Å². The van der Waals surface area contributed by atoms with E-state index < -0.39 is 17.8 Å². The zero-order chi connectivity index (χ0) is 12.3. The van der Waals surface area contributed by atoms with Crippen LogP contribution in [0.2, 0.25) is 5.02 Å². The van der Waals surface area contributed by atoms with Crippen LogP contribution in [0.15, 0.2) is 18.2 Å². The second-order valence-corrected chi connectivity index (χ2v) is 4.10. The van der Waals surface area contributed by atoms with Crippen LogP contribution in [0, 0.1) is 5.82 Å². The third-order valence-corrected chi connectivity index (χ3v) is 2.28. The molecule has 16 heavy (non-hydrogen) atoms. The number of benzene rings is 1. The number of nitrogens with zero attached hydrogens (tertiary/aromatic N) is 1. The molecule has 5 heteroatoms. The molecular formula is C11H13ClFNO2. The van der Waals surface area contributed by atoms with E-state index in [0.717, 1.165) is 6.07 Å². The van der Waals surface area contributed by atoms with Crippen molar-refractivity contribution in [3.05, 3.63) is 34.6 Å². The molecule has 3 nitrogen and oxygen atoms in total. The summed E-state index contributed by atoms with van der Waals surface area (Å²) in [6.07, 6.45) is -0.649. The standard InChI is InChI=1S/C11H13ClFNO2/c1-7(15)6-14(2)11(16)9-4-3-8(12)5-10(9)13/h3-5,7,15H,6H2,1-2H3. The zero-order valence-corrected chi connectivity index (χ0v) is 9.83. The van der Waals surface area contributed by atoms with E-state index in [2.05, 4.69) is 0 Å². The van der Waals surface area contributed by atoms with Gasteiger partial charge in [-0.1, -0.05) is 11.6 Å². The van der Waals surface area contributed by atoms with Gasteiger partial charge in [-0.25, -0.2) is 4.39 Å². The fourth-order valence-corrected chi connectivity index (χ4v) is 1.51. The maximum absolute atomic E-state index is 13.4. The molecule has 1 aromatic carbocycles. The van der Waals surface area contributed by atoms with Gasteiger partial charge >= 0.3 is 0 Å². The van der Waals surface area contributed by atoms with Crippen LogP contribution < -0.4 is 0 Å². The lowest BCUT2D eigenvalue weighted by Gasteiger charge is -2.19. The van der Waals surface area contributed by atoms with Crippen molar-refractivity contribution < 1.29 is 14.3 Å². The molecular weight excluding hydrogens is 233 g/mol. The van der Waals surface area contributed by atoms with Gasteiger partial charge in [-0.15, -0.1) is 0 Å². The van der Waals surface area contributed by atoms with Gasteiger partial charge in [-0.05, 0) is 25.1 Å². The first-order chi connectivity index (χ1) is 7.41.